The Labute approximate surface area is 188 Å². The molecule has 1 aliphatic rings. The van der Waals surface area contributed by atoms with E-state index in [2.05, 4.69) is 40.3 Å². The van der Waals surface area contributed by atoms with Crippen LogP contribution in [0.15, 0.2) is 77.5 Å². The Hall–Kier alpha value is -3.47. The van der Waals surface area contributed by atoms with Gasteiger partial charge in [-0.2, -0.15) is 0 Å². The lowest BCUT2D eigenvalue weighted by molar-refractivity contribution is 0.0611. The second-order valence-electron chi connectivity index (χ2n) is 8.43. The predicted molar refractivity (Wildman–Crippen MR) is 124 cm³/mol. The van der Waals surface area contributed by atoms with Crippen LogP contribution in [0.1, 0.15) is 59.1 Å². The summed E-state index contributed by atoms with van der Waals surface area (Å²) in [7, 11) is 0. The van der Waals surface area contributed by atoms with E-state index >= 15 is 0 Å². The molecule has 5 rings (SSSR count). The van der Waals surface area contributed by atoms with E-state index in [1.165, 1.54) is 5.56 Å². The van der Waals surface area contributed by atoms with E-state index in [1.54, 1.807) is 6.20 Å². The van der Waals surface area contributed by atoms with E-state index in [4.69, 9.17) is 4.42 Å². The summed E-state index contributed by atoms with van der Waals surface area (Å²) in [5.41, 5.74) is 4.57. The third-order valence-corrected chi connectivity index (χ3v) is 6.21. The van der Waals surface area contributed by atoms with Gasteiger partial charge in [-0.3, -0.25) is 9.78 Å². The minimum Gasteiger partial charge on any atom is -0.441 e. The number of aromatic nitrogens is 2. The zero-order chi connectivity index (χ0) is 21.8. The molecule has 0 N–H and O–H groups in total. The number of aryl methyl sites for hydroxylation is 2. The maximum absolute atomic E-state index is 13.4. The summed E-state index contributed by atoms with van der Waals surface area (Å²) in [5.74, 6) is 0.779. The molecule has 4 aromatic rings. The van der Waals surface area contributed by atoms with Crippen molar-refractivity contribution in [1.82, 2.24) is 14.9 Å². The van der Waals surface area contributed by atoms with E-state index in [-0.39, 0.29) is 11.9 Å². The Morgan fingerprint density at radius 3 is 2.78 bits per heavy atom. The number of nitrogens with zero attached hydrogens (tertiary/aromatic N) is 3. The van der Waals surface area contributed by atoms with E-state index in [9.17, 15) is 4.79 Å². The van der Waals surface area contributed by atoms with Crippen LogP contribution in [-0.4, -0.2) is 27.3 Å². The second kappa shape index (κ2) is 9.35. The van der Waals surface area contributed by atoms with Gasteiger partial charge in [0, 0.05) is 30.9 Å². The molecule has 5 heteroatoms. The van der Waals surface area contributed by atoms with Crippen LogP contribution in [0, 0.1) is 0 Å². The van der Waals surface area contributed by atoms with Gasteiger partial charge >= 0.3 is 0 Å². The molecule has 1 fully saturated rings. The number of likely N-dealkylation sites (tertiary alicyclic amines) is 1. The number of hydrogen-bond acceptors (Lipinski definition) is 4. The summed E-state index contributed by atoms with van der Waals surface area (Å²) in [4.78, 5) is 24.3. The summed E-state index contributed by atoms with van der Waals surface area (Å²) >= 11 is 0. The number of pyridine rings is 1. The molecule has 1 amide bonds. The van der Waals surface area contributed by atoms with Crippen molar-refractivity contribution in [1.29, 1.82) is 0 Å². The minimum absolute atomic E-state index is 0.0501. The SMILES string of the molecule is O=C(c1ccc2oc(CCCc3ccccc3)nc2c1)N1CCCCC1c1cccnc1. The fourth-order valence-corrected chi connectivity index (χ4v) is 4.56. The highest BCUT2D eigenvalue weighted by Gasteiger charge is 2.29. The van der Waals surface area contributed by atoms with E-state index < -0.39 is 0 Å². The lowest BCUT2D eigenvalue weighted by Gasteiger charge is -2.36. The molecule has 0 radical (unpaired) electrons. The van der Waals surface area contributed by atoms with Gasteiger partial charge < -0.3 is 9.32 Å². The van der Waals surface area contributed by atoms with Crippen LogP contribution in [-0.2, 0) is 12.8 Å². The summed E-state index contributed by atoms with van der Waals surface area (Å²) in [6, 6.07) is 20.1. The van der Waals surface area contributed by atoms with E-state index in [0.717, 1.165) is 67.6 Å². The number of oxazole rings is 1. The van der Waals surface area contributed by atoms with Crippen molar-refractivity contribution >= 4 is 17.0 Å². The molecule has 162 valence electrons. The molecule has 0 bridgehead atoms. The van der Waals surface area contributed by atoms with Crippen LogP contribution in [0.5, 0.6) is 0 Å². The van der Waals surface area contributed by atoms with Crippen molar-refractivity contribution in [2.24, 2.45) is 0 Å². The topological polar surface area (TPSA) is 59.2 Å². The summed E-state index contributed by atoms with van der Waals surface area (Å²) in [5, 5.41) is 0. The molecule has 3 heterocycles. The van der Waals surface area contributed by atoms with Crippen molar-refractivity contribution in [2.75, 3.05) is 6.54 Å². The molecule has 1 atom stereocenters. The molecule has 1 aliphatic heterocycles. The molecular weight excluding hydrogens is 398 g/mol. The number of rotatable bonds is 6. The first kappa shape index (κ1) is 20.4. The zero-order valence-electron chi connectivity index (χ0n) is 18.1. The van der Waals surface area contributed by atoms with Crippen LogP contribution in [0.2, 0.25) is 0 Å². The predicted octanol–water partition coefficient (Wildman–Crippen LogP) is 5.77. The molecule has 2 aromatic heterocycles. The normalized spacial score (nSPS) is 16.4. The van der Waals surface area contributed by atoms with Gasteiger partial charge in [0.15, 0.2) is 11.5 Å². The van der Waals surface area contributed by atoms with Crippen LogP contribution in [0.3, 0.4) is 0 Å². The van der Waals surface area contributed by atoms with Crippen molar-refractivity contribution < 1.29 is 9.21 Å². The Kier molecular flexibility index (Phi) is 5.97. The molecular formula is C27H27N3O2. The van der Waals surface area contributed by atoms with Crippen molar-refractivity contribution in [3.63, 3.8) is 0 Å². The highest BCUT2D eigenvalue weighted by molar-refractivity contribution is 5.97. The quantitative estimate of drug-likeness (QED) is 0.394. The van der Waals surface area contributed by atoms with Gasteiger partial charge in [-0.25, -0.2) is 4.98 Å². The Morgan fingerprint density at radius 1 is 1.03 bits per heavy atom. The van der Waals surface area contributed by atoms with E-state index in [0.29, 0.717) is 5.56 Å². The Morgan fingerprint density at radius 2 is 1.94 bits per heavy atom. The van der Waals surface area contributed by atoms with Crippen LogP contribution < -0.4 is 0 Å². The number of piperidine rings is 1. The van der Waals surface area contributed by atoms with Gasteiger partial charge in [0.05, 0.1) is 6.04 Å². The molecule has 2 aromatic carbocycles. The lowest BCUT2D eigenvalue weighted by atomic mass is 9.95. The number of carbonyl (C=O) groups excluding carboxylic acids is 1. The number of hydrogen-bond donors (Lipinski definition) is 0. The van der Waals surface area contributed by atoms with Gasteiger partial charge in [-0.05, 0) is 67.5 Å². The first-order chi connectivity index (χ1) is 15.8. The Bertz CT molecular complexity index is 1190. The van der Waals surface area contributed by atoms with E-state index in [1.807, 2.05) is 41.4 Å². The maximum atomic E-state index is 13.4. The average Bonchev–Trinajstić information content (AvgIpc) is 3.27. The highest BCUT2D eigenvalue weighted by atomic mass is 16.3. The van der Waals surface area contributed by atoms with Crippen molar-refractivity contribution in [3.8, 4) is 0 Å². The van der Waals surface area contributed by atoms with Crippen molar-refractivity contribution in [3.05, 3.63) is 95.6 Å². The first-order valence-corrected chi connectivity index (χ1v) is 11.4. The number of fused-ring (bicyclic) bond motifs is 1. The van der Waals surface area contributed by atoms with Crippen LogP contribution >= 0.6 is 0 Å². The van der Waals surface area contributed by atoms with Gasteiger partial charge in [0.2, 0.25) is 0 Å². The number of carbonyl (C=O) groups is 1. The smallest absolute Gasteiger partial charge is 0.254 e. The van der Waals surface area contributed by atoms with Gasteiger partial charge in [0.25, 0.3) is 5.91 Å². The van der Waals surface area contributed by atoms with Gasteiger partial charge in [0.1, 0.15) is 5.52 Å². The second-order valence-corrected chi connectivity index (χ2v) is 8.43. The van der Waals surface area contributed by atoms with Crippen molar-refractivity contribution in [2.45, 2.75) is 44.6 Å². The van der Waals surface area contributed by atoms with Crippen LogP contribution in [0.25, 0.3) is 11.1 Å². The fraction of sp³-hybridized carbons (Fsp3) is 0.296. The molecule has 1 unspecified atom stereocenters. The highest BCUT2D eigenvalue weighted by Crippen LogP contribution is 2.32. The molecule has 5 nitrogen and oxygen atoms in total. The molecule has 0 aliphatic carbocycles. The number of benzene rings is 2. The largest absolute Gasteiger partial charge is 0.441 e. The van der Waals surface area contributed by atoms with Gasteiger partial charge in [-0.1, -0.05) is 36.4 Å². The molecule has 1 saturated heterocycles. The third-order valence-electron chi connectivity index (χ3n) is 6.21. The standard InChI is InChI=1S/C27H27N3O2/c31-27(30-17-5-4-12-24(30)22-11-7-16-28-19-22)21-14-15-25-23(18-21)29-26(32-25)13-6-10-20-8-2-1-3-9-20/h1-3,7-9,11,14-16,18-19,24H,4-6,10,12-13,17H2. The average molecular weight is 426 g/mol. The first-order valence-electron chi connectivity index (χ1n) is 11.4. The monoisotopic (exact) mass is 425 g/mol. The maximum Gasteiger partial charge on any atom is 0.254 e. The summed E-state index contributed by atoms with van der Waals surface area (Å²) in [6.45, 7) is 0.764. The van der Waals surface area contributed by atoms with Gasteiger partial charge in [-0.15, -0.1) is 0 Å². The molecule has 0 spiro atoms. The third kappa shape index (κ3) is 4.42. The summed E-state index contributed by atoms with van der Waals surface area (Å²) in [6.07, 6.45) is 9.51. The Balaban J connectivity index is 1.31. The summed E-state index contributed by atoms with van der Waals surface area (Å²) < 4.78 is 5.93. The lowest BCUT2D eigenvalue weighted by Crippen LogP contribution is -2.38. The molecule has 32 heavy (non-hydrogen) atoms. The number of amides is 1. The molecule has 0 saturated carbocycles. The van der Waals surface area contributed by atoms with Crippen LogP contribution in [0.4, 0.5) is 0 Å². The zero-order valence-corrected chi connectivity index (χ0v) is 18.1. The fourth-order valence-electron chi connectivity index (χ4n) is 4.56. The minimum atomic E-state index is 0.0501.